The molecule has 0 bridgehead atoms. The molecule has 0 fully saturated rings. The molecule has 0 spiro atoms. The normalized spacial score (nSPS) is 12.8. The minimum atomic E-state index is -0.788. The standard InChI is InChI=1S/C43H74O5/c1-3-5-7-9-11-13-15-17-19-20-21-22-24-26-28-30-32-34-36-38-43(46)48-41(39-44)40-47-42(45)37-35-33-31-29-27-25-23-18-16-14-12-10-8-6-4-2/h5,7,11,13,17,19,21-22,26,28,41,44H,3-4,6,8-10,12,14-16,18,20,23-25,27,29-40H2,1-2H3/t41-/m0/s1. The number of aliphatic hydroxyl groups excluding tert-OH is 1. The minimum Gasteiger partial charge on any atom is -0.462 e. The van der Waals surface area contributed by atoms with Crippen LogP contribution in [0.3, 0.4) is 0 Å². The topological polar surface area (TPSA) is 72.8 Å². The number of unbranched alkanes of at least 4 members (excludes halogenated alkanes) is 17. The van der Waals surface area contributed by atoms with Gasteiger partial charge < -0.3 is 14.6 Å². The van der Waals surface area contributed by atoms with Crippen molar-refractivity contribution in [1.82, 2.24) is 0 Å². The van der Waals surface area contributed by atoms with E-state index >= 15 is 0 Å². The first kappa shape index (κ1) is 45.6. The summed E-state index contributed by atoms with van der Waals surface area (Å²) in [4.78, 5) is 24.2. The molecule has 5 nitrogen and oxygen atoms in total. The van der Waals surface area contributed by atoms with E-state index in [1.54, 1.807) is 0 Å². The first-order chi connectivity index (χ1) is 23.6. The highest BCUT2D eigenvalue weighted by atomic mass is 16.6. The van der Waals surface area contributed by atoms with Gasteiger partial charge in [0.1, 0.15) is 6.61 Å². The molecule has 48 heavy (non-hydrogen) atoms. The van der Waals surface area contributed by atoms with Crippen LogP contribution < -0.4 is 0 Å². The molecule has 276 valence electrons. The van der Waals surface area contributed by atoms with Crippen molar-refractivity contribution in [2.24, 2.45) is 0 Å². The smallest absolute Gasteiger partial charge is 0.306 e. The van der Waals surface area contributed by atoms with Crippen LogP contribution in [-0.2, 0) is 19.1 Å². The summed E-state index contributed by atoms with van der Waals surface area (Å²) >= 11 is 0. The van der Waals surface area contributed by atoms with Gasteiger partial charge in [-0.1, -0.05) is 171 Å². The molecule has 0 aliphatic heterocycles. The highest BCUT2D eigenvalue weighted by molar-refractivity contribution is 5.70. The van der Waals surface area contributed by atoms with Crippen molar-refractivity contribution in [2.45, 2.75) is 187 Å². The lowest BCUT2D eigenvalue weighted by Gasteiger charge is -2.15. The van der Waals surface area contributed by atoms with E-state index in [1.807, 2.05) is 0 Å². The SMILES string of the molecule is CCC=CCC=CCC=CCC=CCC=CCCCCCC(=O)O[C@@H](CO)COC(=O)CCCCCCCCCCCCCCCCC. The van der Waals surface area contributed by atoms with E-state index in [2.05, 4.69) is 74.6 Å². The van der Waals surface area contributed by atoms with Gasteiger partial charge >= 0.3 is 11.9 Å². The van der Waals surface area contributed by atoms with E-state index in [-0.39, 0.29) is 25.2 Å². The molecule has 0 aromatic heterocycles. The van der Waals surface area contributed by atoms with Gasteiger partial charge in [-0.2, -0.15) is 0 Å². The molecule has 0 aromatic rings. The van der Waals surface area contributed by atoms with Crippen LogP contribution in [0.2, 0.25) is 0 Å². The van der Waals surface area contributed by atoms with E-state index in [4.69, 9.17) is 9.47 Å². The number of carbonyl (C=O) groups is 2. The molecule has 0 heterocycles. The molecule has 0 aromatic carbocycles. The summed E-state index contributed by atoms with van der Waals surface area (Å²) in [5.74, 6) is -0.628. The number of hydrogen-bond acceptors (Lipinski definition) is 5. The molecule has 0 rings (SSSR count). The van der Waals surface area contributed by atoms with Crippen molar-refractivity contribution in [2.75, 3.05) is 13.2 Å². The maximum atomic E-state index is 12.2. The molecule has 1 atom stereocenters. The Morgan fingerprint density at radius 3 is 1.35 bits per heavy atom. The van der Waals surface area contributed by atoms with Crippen molar-refractivity contribution in [3.05, 3.63) is 60.8 Å². The quantitative estimate of drug-likeness (QED) is 0.0413. The van der Waals surface area contributed by atoms with Gasteiger partial charge in [0.05, 0.1) is 6.61 Å². The zero-order valence-corrected chi connectivity index (χ0v) is 31.2. The van der Waals surface area contributed by atoms with Crippen LogP contribution in [0.1, 0.15) is 181 Å². The monoisotopic (exact) mass is 671 g/mol. The van der Waals surface area contributed by atoms with E-state index in [0.717, 1.165) is 77.0 Å². The fourth-order valence-electron chi connectivity index (χ4n) is 5.34. The summed E-state index contributed by atoms with van der Waals surface area (Å²) < 4.78 is 10.6. The van der Waals surface area contributed by atoms with Crippen molar-refractivity contribution in [3.63, 3.8) is 0 Å². The number of hydrogen-bond donors (Lipinski definition) is 1. The Morgan fingerprint density at radius 1 is 0.500 bits per heavy atom. The highest BCUT2D eigenvalue weighted by Gasteiger charge is 2.16. The molecular weight excluding hydrogens is 596 g/mol. The Balaban J connectivity index is 3.64. The first-order valence-corrected chi connectivity index (χ1v) is 19.8. The summed E-state index contributed by atoms with van der Waals surface area (Å²) in [7, 11) is 0. The summed E-state index contributed by atoms with van der Waals surface area (Å²) in [6.45, 7) is 3.99. The molecule has 5 heteroatoms. The fraction of sp³-hybridized carbons (Fsp3) is 0.721. The van der Waals surface area contributed by atoms with E-state index in [0.29, 0.717) is 12.8 Å². The third-order valence-corrected chi connectivity index (χ3v) is 8.33. The third-order valence-electron chi connectivity index (χ3n) is 8.33. The number of esters is 2. The van der Waals surface area contributed by atoms with Gasteiger partial charge in [-0.15, -0.1) is 0 Å². The average molecular weight is 671 g/mol. The predicted molar refractivity (Wildman–Crippen MR) is 205 cm³/mol. The number of rotatable bonds is 35. The third kappa shape index (κ3) is 36.4. The largest absolute Gasteiger partial charge is 0.462 e. The van der Waals surface area contributed by atoms with Gasteiger partial charge in [-0.3, -0.25) is 9.59 Å². The first-order valence-electron chi connectivity index (χ1n) is 19.8. The van der Waals surface area contributed by atoms with Crippen molar-refractivity contribution in [3.8, 4) is 0 Å². The predicted octanol–water partition coefficient (Wildman–Crippen LogP) is 12.4. The number of carbonyl (C=O) groups excluding carboxylic acids is 2. The van der Waals surface area contributed by atoms with Gasteiger partial charge in [0.15, 0.2) is 6.10 Å². The number of allylic oxidation sites excluding steroid dienone is 10. The van der Waals surface area contributed by atoms with Crippen LogP contribution >= 0.6 is 0 Å². The fourth-order valence-corrected chi connectivity index (χ4v) is 5.34. The summed E-state index contributed by atoms with van der Waals surface area (Å²) in [5, 5.41) is 9.55. The lowest BCUT2D eigenvalue weighted by atomic mass is 10.0. The molecular formula is C43H74O5. The summed E-state index contributed by atoms with van der Waals surface area (Å²) in [6, 6.07) is 0. The van der Waals surface area contributed by atoms with Crippen molar-refractivity contribution in [1.29, 1.82) is 0 Å². The molecule has 0 saturated carbocycles. The molecule has 0 unspecified atom stereocenters. The van der Waals surface area contributed by atoms with Crippen molar-refractivity contribution >= 4 is 11.9 Å². The highest BCUT2D eigenvalue weighted by Crippen LogP contribution is 2.14. The minimum absolute atomic E-state index is 0.0795. The average Bonchev–Trinajstić information content (AvgIpc) is 3.09. The van der Waals surface area contributed by atoms with Gasteiger partial charge in [0.2, 0.25) is 0 Å². The lowest BCUT2D eigenvalue weighted by molar-refractivity contribution is -0.161. The van der Waals surface area contributed by atoms with Gasteiger partial charge in [0, 0.05) is 12.8 Å². The second-order valence-corrected chi connectivity index (χ2v) is 13.0. The molecule has 1 N–H and O–H groups in total. The molecule has 0 radical (unpaired) electrons. The Bertz CT molecular complexity index is 853. The maximum absolute atomic E-state index is 12.2. The Kier molecular flexibility index (Phi) is 37.1. The van der Waals surface area contributed by atoms with Gasteiger partial charge in [0.25, 0.3) is 0 Å². The Labute approximate surface area is 296 Å². The molecule has 0 aliphatic carbocycles. The maximum Gasteiger partial charge on any atom is 0.306 e. The lowest BCUT2D eigenvalue weighted by Crippen LogP contribution is -2.28. The molecule has 0 saturated heterocycles. The molecule has 0 aliphatic rings. The van der Waals surface area contributed by atoms with Crippen LogP contribution in [0.25, 0.3) is 0 Å². The number of ether oxygens (including phenoxy) is 2. The zero-order chi connectivity index (χ0) is 35.0. The van der Waals surface area contributed by atoms with Crippen LogP contribution in [0.15, 0.2) is 60.8 Å². The zero-order valence-electron chi connectivity index (χ0n) is 31.2. The second kappa shape index (κ2) is 39.0. The van der Waals surface area contributed by atoms with E-state index in [1.165, 1.54) is 77.0 Å². The van der Waals surface area contributed by atoms with Gasteiger partial charge in [-0.25, -0.2) is 0 Å². The van der Waals surface area contributed by atoms with Crippen LogP contribution in [0.4, 0.5) is 0 Å². The number of aliphatic hydroxyl groups is 1. The Morgan fingerprint density at radius 2 is 0.896 bits per heavy atom. The van der Waals surface area contributed by atoms with E-state index < -0.39 is 6.10 Å². The van der Waals surface area contributed by atoms with Crippen LogP contribution in [0, 0.1) is 0 Å². The van der Waals surface area contributed by atoms with Crippen LogP contribution in [-0.4, -0.2) is 36.4 Å². The summed E-state index contributed by atoms with van der Waals surface area (Å²) in [5.41, 5.74) is 0. The van der Waals surface area contributed by atoms with Crippen molar-refractivity contribution < 1.29 is 24.2 Å². The van der Waals surface area contributed by atoms with E-state index in [9.17, 15) is 14.7 Å². The van der Waals surface area contributed by atoms with Crippen LogP contribution in [0.5, 0.6) is 0 Å². The summed E-state index contributed by atoms with van der Waals surface area (Å²) in [6.07, 6.45) is 49.9. The van der Waals surface area contributed by atoms with Gasteiger partial charge in [-0.05, 0) is 57.8 Å². The molecule has 0 amide bonds. The Hall–Kier alpha value is -2.40. The second-order valence-electron chi connectivity index (χ2n) is 13.0.